The van der Waals surface area contributed by atoms with Gasteiger partial charge in [-0.15, -0.1) is 0 Å². The zero-order chi connectivity index (χ0) is 18.4. The molecule has 2 N–H and O–H groups in total. The molecule has 0 fully saturated rings. The zero-order valence-electron chi connectivity index (χ0n) is 14.6. The van der Waals surface area contributed by atoms with Crippen molar-refractivity contribution in [1.29, 1.82) is 0 Å². The van der Waals surface area contributed by atoms with Gasteiger partial charge in [-0.25, -0.2) is 0 Å². The Balaban J connectivity index is 2.26. The van der Waals surface area contributed by atoms with Crippen molar-refractivity contribution in [1.82, 2.24) is 5.32 Å². The molecule has 0 aromatic heterocycles. The Hall–Kier alpha value is -2.53. The number of carbonyl (C=O) groups excluding carboxylic acids is 2. The fourth-order valence-corrected chi connectivity index (χ4v) is 2.54. The van der Waals surface area contributed by atoms with Crippen LogP contribution in [-0.2, 0) is 0 Å². The molecule has 25 heavy (non-hydrogen) atoms. The van der Waals surface area contributed by atoms with E-state index in [2.05, 4.69) is 10.6 Å². The summed E-state index contributed by atoms with van der Waals surface area (Å²) in [5.41, 5.74) is 2.31. The lowest BCUT2D eigenvalue weighted by Crippen LogP contribution is -2.26. The van der Waals surface area contributed by atoms with Gasteiger partial charge in [0.1, 0.15) is 0 Å². The molecule has 0 unspecified atom stereocenters. The van der Waals surface area contributed by atoms with Crippen LogP contribution in [0, 0.1) is 0 Å². The minimum atomic E-state index is -0.278. The number of amides is 2. The number of hydrogen-bond donors (Lipinski definition) is 2. The van der Waals surface area contributed by atoms with Gasteiger partial charge in [-0.1, -0.05) is 24.6 Å². The van der Waals surface area contributed by atoms with E-state index in [1.165, 1.54) is 0 Å². The fraction of sp³-hybridized carbons (Fsp3) is 0.263. The van der Waals surface area contributed by atoms with Crippen molar-refractivity contribution in [3.63, 3.8) is 0 Å². The van der Waals surface area contributed by atoms with Gasteiger partial charge in [-0.3, -0.25) is 9.59 Å². The van der Waals surface area contributed by atoms with Crippen LogP contribution in [0.2, 0.25) is 5.02 Å². The maximum absolute atomic E-state index is 12.4. The standard InChI is InChI=1S/C19H22ClN3O2/c1-4-10-21-19(25)16-12-15(8-9-17(16)23(2)3)22-18(24)13-6-5-7-14(20)11-13/h5-9,11-12H,4,10H2,1-3H3,(H,21,25)(H,22,24). The van der Waals surface area contributed by atoms with Crippen LogP contribution in [0.15, 0.2) is 42.5 Å². The molecule has 2 rings (SSSR count). The second-order valence-electron chi connectivity index (χ2n) is 5.85. The lowest BCUT2D eigenvalue weighted by Gasteiger charge is -2.18. The van der Waals surface area contributed by atoms with E-state index in [9.17, 15) is 9.59 Å². The van der Waals surface area contributed by atoms with Gasteiger partial charge in [0.05, 0.1) is 5.56 Å². The Bertz CT molecular complexity index is 775. The molecular weight excluding hydrogens is 338 g/mol. The first-order valence-electron chi connectivity index (χ1n) is 8.09. The van der Waals surface area contributed by atoms with E-state index in [-0.39, 0.29) is 11.8 Å². The molecule has 2 aromatic carbocycles. The van der Waals surface area contributed by atoms with Crippen molar-refractivity contribution in [3.05, 3.63) is 58.6 Å². The summed E-state index contributed by atoms with van der Waals surface area (Å²) in [7, 11) is 3.74. The summed E-state index contributed by atoms with van der Waals surface area (Å²) in [6, 6.07) is 12.0. The number of anilines is 2. The molecule has 0 heterocycles. The molecule has 0 aliphatic carbocycles. The summed E-state index contributed by atoms with van der Waals surface area (Å²) in [6.45, 7) is 2.60. The van der Waals surface area contributed by atoms with Crippen molar-refractivity contribution >= 4 is 34.8 Å². The summed E-state index contributed by atoms with van der Waals surface area (Å²) in [5, 5.41) is 6.17. The predicted octanol–water partition coefficient (Wildman–Crippen LogP) is 3.80. The topological polar surface area (TPSA) is 61.4 Å². The highest BCUT2D eigenvalue weighted by Gasteiger charge is 2.15. The molecule has 6 heteroatoms. The third kappa shape index (κ3) is 4.97. The van der Waals surface area contributed by atoms with E-state index in [0.717, 1.165) is 12.1 Å². The average molecular weight is 360 g/mol. The first-order valence-corrected chi connectivity index (χ1v) is 8.46. The van der Waals surface area contributed by atoms with Gasteiger partial charge in [0.25, 0.3) is 11.8 Å². The first kappa shape index (κ1) is 18.8. The second kappa shape index (κ2) is 8.53. The fourth-order valence-electron chi connectivity index (χ4n) is 2.35. The zero-order valence-corrected chi connectivity index (χ0v) is 15.4. The molecule has 0 radical (unpaired) electrons. The number of nitrogens with one attached hydrogen (secondary N) is 2. The number of nitrogens with zero attached hydrogens (tertiary/aromatic N) is 1. The van der Waals surface area contributed by atoms with Crippen LogP contribution < -0.4 is 15.5 Å². The van der Waals surface area contributed by atoms with Crippen molar-refractivity contribution in [2.45, 2.75) is 13.3 Å². The van der Waals surface area contributed by atoms with Crippen LogP contribution in [0.4, 0.5) is 11.4 Å². The third-order valence-electron chi connectivity index (χ3n) is 3.60. The molecule has 5 nitrogen and oxygen atoms in total. The van der Waals surface area contributed by atoms with E-state index in [1.807, 2.05) is 32.0 Å². The van der Waals surface area contributed by atoms with Gasteiger partial charge < -0.3 is 15.5 Å². The molecule has 132 valence electrons. The summed E-state index contributed by atoms with van der Waals surface area (Å²) in [5.74, 6) is -0.440. The van der Waals surface area contributed by atoms with E-state index >= 15 is 0 Å². The van der Waals surface area contributed by atoms with Crippen molar-refractivity contribution in [2.75, 3.05) is 30.9 Å². The molecule has 0 aliphatic rings. The number of benzene rings is 2. The molecule has 0 spiro atoms. The number of rotatable bonds is 6. The normalized spacial score (nSPS) is 10.2. The molecule has 0 saturated heterocycles. The van der Waals surface area contributed by atoms with Crippen molar-refractivity contribution in [2.24, 2.45) is 0 Å². The average Bonchev–Trinajstić information content (AvgIpc) is 2.59. The summed E-state index contributed by atoms with van der Waals surface area (Å²) < 4.78 is 0. The van der Waals surface area contributed by atoms with E-state index in [1.54, 1.807) is 36.4 Å². The molecule has 2 amide bonds. The quantitative estimate of drug-likeness (QED) is 0.824. The molecule has 0 atom stereocenters. The minimum Gasteiger partial charge on any atom is -0.377 e. The Kier molecular flexibility index (Phi) is 6.42. The number of carbonyl (C=O) groups is 2. The Morgan fingerprint density at radius 2 is 1.84 bits per heavy atom. The Labute approximate surface area is 153 Å². The van der Waals surface area contributed by atoms with Crippen LogP contribution >= 0.6 is 11.6 Å². The third-order valence-corrected chi connectivity index (χ3v) is 3.84. The SMILES string of the molecule is CCCNC(=O)c1cc(NC(=O)c2cccc(Cl)c2)ccc1N(C)C. The highest BCUT2D eigenvalue weighted by molar-refractivity contribution is 6.31. The monoisotopic (exact) mass is 359 g/mol. The molecule has 0 bridgehead atoms. The lowest BCUT2D eigenvalue weighted by atomic mass is 10.1. The van der Waals surface area contributed by atoms with E-state index in [4.69, 9.17) is 11.6 Å². The maximum Gasteiger partial charge on any atom is 0.255 e. The molecule has 0 aliphatic heterocycles. The number of hydrogen-bond acceptors (Lipinski definition) is 3. The van der Waals surface area contributed by atoms with Crippen LogP contribution in [-0.4, -0.2) is 32.5 Å². The highest BCUT2D eigenvalue weighted by atomic mass is 35.5. The second-order valence-corrected chi connectivity index (χ2v) is 6.28. The Morgan fingerprint density at radius 3 is 2.48 bits per heavy atom. The van der Waals surface area contributed by atoms with Crippen LogP contribution in [0.5, 0.6) is 0 Å². The van der Waals surface area contributed by atoms with Crippen LogP contribution in [0.25, 0.3) is 0 Å². The summed E-state index contributed by atoms with van der Waals surface area (Å²) in [6.07, 6.45) is 0.855. The smallest absolute Gasteiger partial charge is 0.255 e. The van der Waals surface area contributed by atoms with E-state index < -0.39 is 0 Å². The molecule has 0 saturated carbocycles. The van der Waals surface area contributed by atoms with Gasteiger partial charge in [-0.05, 0) is 42.8 Å². The van der Waals surface area contributed by atoms with Crippen LogP contribution in [0.1, 0.15) is 34.1 Å². The Morgan fingerprint density at radius 1 is 1.08 bits per heavy atom. The van der Waals surface area contributed by atoms with Crippen LogP contribution in [0.3, 0.4) is 0 Å². The largest absolute Gasteiger partial charge is 0.377 e. The van der Waals surface area contributed by atoms with Gasteiger partial charge >= 0.3 is 0 Å². The first-order chi connectivity index (χ1) is 11.9. The van der Waals surface area contributed by atoms with Crippen molar-refractivity contribution < 1.29 is 9.59 Å². The minimum absolute atomic E-state index is 0.163. The van der Waals surface area contributed by atoms with Gasteiger partial charge in [0.15, 0.2) is 0 Å². The van der Waals surface area contributed by atoms with E-state index in [0.29, 0.717) is 28.4 Å². The van der Waals surface area contributed by atoms with Gasteiger partial charge in [0, 0.05) is 42.6 Å². The summed E-state index contributed by atoms with van der Waals surface area (Å²) in [4.78, 5) is 26.6. The lowest BCUT2D eigenvalue weighted by molar-refractivity contribution is 0.0952. The number of halogens is 1. The molecule has 2 aromatic rings. The maximum atomic E-state index is 12.4. The molecular formula is C19H22ClN3O2. The van der Waals surface area contributed by atoms with Crippen molar-refractivity contribution in [3.8, 4) is 0 Å². The van der Waals surface area contributed by atoms with Gasteiger partial charge in [0.2, 0.25) is 0 Å². The van der Waals surface area contributed by atoms with Gasteiger partial charge in [-0.2, -0.15) is 0 Å². The highest BCUT2D eigenvalue weighted by Crippen LogP contribution is 2.23. The predicted molar refractivity (Wildman–Crippen MR) is 103 cm³/mol. The summed E-state index contributed by atoms with van der Waals surface area (Å²) >= 11 is 5.92.